The summed E-state index contributed by atoms with van der Waals surface area (Å²) in [7, 11) is 0. The number of hydrogen-bond acceptors (Lipinski definition) is 2. The third kappa shape index (κ3) is 3.34. The summed E-state index contributed by atoms with van der Waals surface area (Å²) in [4.78, 5) is 28.5. The first-order valence-electron chi connectivity index (χ1n) is 8.06. The van der Waals surface area contributed by atoms with Crippen molar-refractivity contribution in [2.24, 2.45) is 0 Å². The Labute approximate surface area is 140 Å². The van der Waals surface area contributed by atoms with E-state index in [0.29, 0.717) is 23.7 Å². The first kappa shape index (κ1) is 16.2. The summed E-state index contributed by atoms with van der Waals surface area (Å²) in [5, 5.41) is 0.323. The second-order valence-electron chi connectivity index (χ2n) is 6.17. The van der Waals surface area contributed by atoms with E-state index in [1.807, 2.05) is 0 Å². The van der Waals surface area contributed by atoms with Crippen molar-refractivity contribution >= 4 is 23.4 Å². The van der Waals surface area contributed by atoms with Crippen molar-refractivity contribution in [2.75, 3.05) is 19.6 Å². The van der Waals surface area contributed by atoms with Crippen LogP contribution in [0.25, 0.3) is 0 Å². The third-order valence-electron chi connectivity index (χ3n) is 4.57. The SMILES string of the molecule is O=C([C@@H]1C[C@H](F)CN1C(=O)c1ccccc1Cl)N1CCCCC1. The summed E-state index contributed by atoms with van der Waals surface area (Å²) in [6.45, 7) is 1.34. The standard InChI is InChI=1S/C17H20ClFN2O2/c18-14-7-3-2-6-13(14)16(22)21-11-12(19)10-15(21)17(23)20-8-4-1-5-9-20/h2-3,6-7,12,15H,1,4-5,8-11H2/t12-,15-/m0/s1. The summed E-state index contributed by atoms with van der Waals surface area (Å²) < 4.78 is 13.9. The lowest BCUT2D eigenvalue weighted by Gasteiger charge is -2.32. The number of nitrogens with zero attached hydrogens (tertiary/aromatic N) is 2. The predicted octanol–water partition coefficient (Wildman–Crippen LogP) is 2.91. The van der Waals surface area contributed by atoms with Gasteiger partial charge in [0.15, 0.2) is 0 Å². The van der Waals surface area contributed by atoms with Crippen LogP contribution in [0.2, 0.25) is 5.02 Å². The van der Waals surface area contributed by atoms with Crippen LogP contribution in [0.1, 0.15) is 36.0 Å². The van der Waals surface area contributed by atoms with Crippen molar-refractivity contribution in [3.63, 3.8) is 0 Å². The number of halogens is 2. The first-order chi connectivity index (χ1) is 11.1. The van der Waals surface area contributed by atoms with Crippen LogP contribution < -0.4 is 0 Å². The molecule has 0 radical (unpaired) electrons. The Morgan fingerprint density at radius 2 is 1.83 bits per heavy atom. The Hall–Kier alpha value is -1.62. The van der Waals surface area contributed by atoms with E-state index in [2.05, 4.69) is 0 Å². The van der Waals surface area contributed by atoms with E-state index in [9.17, 15) is 14.0 Å². The minimum absolute atomic E-state index is 0.0473. The highest BCUT2D eigenvalue weighted by Gasteiger charge is 2.42. The number of alkyl halides is 1. The van der Waals surface area contributed by atoms with Crippen LogP contribution >= 0.6 is 11.6 Å². The quantitative estimate of drug-likeness (QED) is 0.832. The van der Waals surface area contributed by atoms with Crippen molar-refractivity contribution in [3.05, 3.63) is 34.9 Å². The van der Waals surface area contributed by atoms with E-state index < -0.39 is 12.2 Å². The Morgan fingerprint density at radius 1 is 1.13 bits per heavy atom. The number of carbonyl (C=O) groups excluding carboxylic acids is 2. The molecule has 1 aromatic rings. The topological polar surface area (TPSA) is 40.6 Å². The van der Waals surface area contributed by atoms with Crippen LogP contribution in [0.3, 0.4) is 0 Å². The van der Waals surface area contributed by atoms with E-state index in [1.54, 1.807) is 29.2 Å². The van der Waals surface area contributed by atoms with Crippen molar-refractivity contribution in [1.29, 1.82) is 0 Å². The molecule has 0 bridgehead atoms. The van der Waals surface area contributed by atoms with Gasteiger partial charge in [0.1, 0.15) is 12.2 Å². The Bertz CT molecular complexity index is 604. The highest BCUT2D eigenvalue weighted by Crippen LogP contribution is 2.27. The minimum atomic E-state index is -1.17. The number of carbonyl (C=O) groups is 2. The van der Waals surface area contributed by atoms with E-state index in [0.717, 1.165) is 19.3 Å². The first-order valence-corrected chi connectivity index (χ1v) is 8.44. The van der Waals surface area contributed by atoms with Crippen LogP contribution in [-0.4, -0.2) is 53.5 Å². The zero-order chi connectivity index (χ0) is 16.4. The van der Waals surface area contributed by atoms with E-state index in [-0.39, 0.29) is 24.8 Å². The van der Waals surface area contributed by atoms with Crippen molar-refractivity contribution in [3.8, 4) is 0 Å². The maximum absolute atomic E-state index is 13.9. The van der Waals surface area contributed by atoms with Gasteiger partial charge in [0, 0.05) is 19.5 Å². The Balaban J connectivity index is 1.80. The number of piperidine rings is 1. The van der Waals surface area contributed by atoms with Crippen LogP contribution in [0.5, 0.6) is 0 Å². The number of hydrogen-bond donors (Lipinski definition) is 0. The van der Waals surface area contributed by atoms with Gasteiger partial charge in [-0.25, -0.2) is 4.39 Å². The minimum Gasteiger partial charge on any atom is -0.341 e. The van der Waals surface area contributed by atoms with Gasteiger partial charge in [-0.15, -0.1) is 0 Å². The van der Waals surface area contributed by atoms with Gasteiger partial charge < -0.3 is 9.80 Å². The molecule has 23 heavy (non-hydrogen) atoms. The molecule has 2 atom stereocenters. The molecule has 2 aliphatic rings. The second kappa shape index (κ2) is 6.87. The summed E-state index contributed by atoms with van der Waals surface area (Å²) in [5.41, 5.74) is 0.319. The molecule has 2 saturated heterocycles. The molecule has 0 unspecified atom stereocenters. The van der Waals surface area contributed by atoms with E-state index in [1.165, 1.54) is 4.90 Å². The van der Waals surface area contributed by atoms with Crippen LogP contribution in [0, 0.1) is 0 Å². The lowest BCUT2D eigenvalue weighted by atomic mass is 10.1. The van der Waals surface area contributed by atoms with Crippen molar-refractivity contribution < 1.29 is 14.0 Å². The lowest BCUT2D eigenvalue weighted by molar-refractivity contribution is -0.136. The molecule has 6 heteroatoms. The summed E-state index contributed by atoms with van der Waals surface area (Å²) in [6, 6.07) is 5.96. The molecule has 2 heterocycles. The molecule has 1 aromatic carbocycles. The molecule has 0 spiro atoms. The zero-order valence-corrected chi connectivity index (χ0v) is 13.6. The molecule has 2 fully saturated rings. The molecule has 3 rings (SSSR count). The monoisotopic (exact) mass is 338 g/mol. The Morgan fingerprint density at radius 3 is 2.52 bits per heavy atom. The number of amides is 2. The lowest BCUT2D eigenvalue weighted by Crippen LogP contribution is -2.49. The fourth-order valence-corrected chi connectivity index (χ4v) is 3.57. The van der Waals surface area contributed by atoms with Gasteiger partial charge >= 0.3 is 0 Å². The molecule has 4 nitrogen and oxygen atoms in total. The molecule has 0 N–H and O–H groups in total. The smallest absolute Gasteiger partial charge is 0.256 e. The molecular formula is C17H20ClFN2O2. The summed E-state index contributed by atoms with van der Waals surface area (Å²) >= 11 is 6.07. The van der Waals surface area contributed by atoms with E-state index in [4.69, 9.17) is 11.6 Å². The van der Waals surface area contributed by atoms with Crippen molar-refractivity contribution in [1.82, 2.24) is 9.80 Å². The number of benzene rings is 1. The zero-order valence-electron chi connectivity index (χ0n) is 12.9. The fraction of sp³-hybridized carbons (Fsp3) is 0.529. The summed E-state index contributed by atoms with van der Waals surface area (Å²) in [6.07, 6.45) is 1.96. The molecule has 0 aliphatic carbocycles. The van der Waals surface area contributed by atoms with Crippen LogP contribution in [0.4, 0.5) is 4.39 Å². The van der Waals surface area contributed by atoms with Gasteiger partial charge in [0.25, 0.3) is 5.91 Å². The molecule has 0 saturated carbocycles. The fourth-order valence-electron chi connectivity index (χ4n) is 3.36. The highest BCUT2D eigenvalue weighted by atomic mass is 35.5. The second-order valence-corrected chi connectivity index (χ2v) is 6.58. The third-order valence-corrected chi connectivity index (χ3v) is 4.90. The maximum Gasteiger partial charge on any atom is 0.256 e. The Kier molecular flexibility index (Phi) is 4.85. The maximum atomic E-state index is 13.9. The van der Waals surface area contributed by atoms with E-state index >= 15 is 0 Å². The highest BCUT2D eigenvalue weighted by molar-refractivity contribution is 6.33. The van der Waals surface area contributed by atoms with Gasteiger partial charge in [-0.1, -0.05) is 23.7 Å². The molecule has 2 amide bonds. The summed E-state index contributed by atoms with van der Waals surface area (Å²) in [5.74, 6) is -0.503. The van der Waals surface area contributed by atoms with Gasteiger partial charge in [0.05, 0.1) is 17.1 Å². The largest absolute Gasteiger partial charge is 0.341 e. The number of likely N-dealkylation sites (tertiary alicyclic amines) is 2. The molecule has 2 aliphatic heterocycles. The van der Waals surface area contributed by atoms with Gasteiger partial charge in [-0.05, 0) is 31.4 Å². The average molecular weight is 339 g/mol. The van der Waals surface area contributed by atoms with Gasteiger partial charge in [0.2, 0.25) is 5.91 Å². The predicted molar refractivity (Wildman–Crippen MR) is 86.2 cm³/mol. The van der Waals surface area contributed by atoms with Gasteiger partial charge in [-0.2, -0.15) is 0 Å². The molecule has 124 valence electrons. The number of rotatable bonds is 2. The van der Waals surface area contributed by atoms with Gasteiger partial charge in [-0.3, -0.25) is 9.59 Å². The molecular weight excluding hydrogens is 319 g/mol. The normalized spacial score (nSPS) is 24.8. The molecule has 0 aromatic heterocycles. The van der Waals surface area contributed by atoms with Crippen LogP contribution in [-0.2, 0) is 4.79 Å². The van der Waals surface area contributed by atoms with Crippen LogP contribution in [0.15, 0.2) is 24.3 Å². The average Bonchev–Trinajstić information content (AvgIpc) is 2.96. The van der Waals surface area contributed by atoms with Crippen molar-refractivity contribution in [2.45, 2.75) is 37.9 Å².